The maximum atomic E-state index is 11.7. The molecule has 0 spiro atoms. The van der Waals surface area contributed by atoms with E-state index in [9.17, 15) is 4.79 Å². The van der Waals surface area contributed by atoms with E-state index < -0.39 is 0 Å². The topological polar surface area (TPSA) is 67.2 Å². The molecule has 0 unspecified atom stereocenters. The Morgan fingerprint density at radius 2 is 2.00 bits per heavy atom. The van der Waals surface area contributed by atoms with Crippen molar-refractivity contribution in [3.8, 4) is 0 Å². The van der Waals surface area contributed by atoms with Gasteiger partial charge in [0.1, 0.15) is 0 Å². The first-order valence-electron chi connectivity index (χ1n) is 6.54. The van der Waals surface area contributed by atoms with Crippen LogP contribution in [0.25, 0.3) is 0 Å². The van der Waals surface area contributed by atoms with E-state index in [1.165, 1.54) is 25.7 Å². The number of carbonyl (C=O) groups is 1. The van der Waals surface area contributed by atoms with Gasteiger partial charge < -0.3 is 16.4 Å². The molecule has 4 nitrogen and oxygen atoms in total. The highest BCUT2D eigenvalue weighted by atomic mass is 16.2. The summed E-state index contributed by atoms with van der Waals surface area (Å²) in [5.41, 5.74) is 7.43. The van der Waals surface area contributed by atoms with Crippen LogP contribution in [0.2, 0.25) is 0 Å². The number of amides is 2. The number of hydrogen-bond acceptors (Lipinski definition) is 2. The Balaban J connectivity index is 1.77. The molecule has 4 N–H and O–H groups in total. The second-order valence-electron chi connectivity index (χ2n) is 5.18. The average Bonchev–Trinajstić information content (AvgIpc) is 3.11. The van der Waals surface area contributed by atoms with E-state index in [2.05, 4.69) is 17.6 Å². The second kappa shape index (κ2) is 5.29. The van der Waals surface area contributed by atoms with Crippen LogP contribution in [0.15, 0.2) is 24.3 Å². The van der Waals surface area contributed by atoms with Crippen LogP contribution in [0.1, 0.15) is 32.6 Å². The number of rotatable bonds is 5. The molecule has 4 heteroatoms. The number of benzene rings is 1. The van der Waals surface area contributed by atoms with Gasteiger partial charge in [0.15, 0.2) is 0 Å². The van der Waals surface area contributed by atoms with Gasteiger partial charge in [0.25, 0.3) is 0 Å². The standard InChI is InChI=1S/C14H21N3O/c1-2-7-14(8-9-14)10-16-13(18)17-12-5-3-11(15)4-6-12/h3-6H,2,7-10,15H2,1H3,(H2,16,17,18). The summed E-state index contributed by atoms with van der Waals surface area (Å²) in [7, 11) is 0. The van der Waals surface area contributed by atoms with Crippen LogP contribution in [0.4, 0.5) is 16.2 Å². The molecule has 98 valence electrons. The van der Waals surface area contributed by atoms with Crippen molar-refractivity contribution in [3.63, 3.8) is 0 Å². The Hall–Kier alpha value is -1.71. The summed E-state index contributed by atoms with van der Waals surface area (Å²) in [4.78, 5) is 11.7. The largest absolute Gasteiger partial charge is 0.399 e. The molecule has 1 aliphatic carbocycles. The van der Waals surface area contributed by atoms with Crippen LogP contribution >= 0.6 is 0 Å². The fourth-order valence-electron chi connectivity index (χ4n) is 2.23. The minimum Gasteiger partial charge on any atom is -0.399 e. The number of carbonyl (C=O) groups excluding carboxylic acids is 1. The molecule has 0 saturated heterocycles. The molecule has 1 saturated carbocycles. The number of nitrogens with one attached hydrogen (secondary N) is 2. The van der Waals surface area contributed by atoms with Crippen molar-refractivity contribution in [1.82, 2.24) is 5.32 Å². The van der Waals surface area contributed by atoms with Crippen molar-refractivity contribution in [2.45, 2.75) is 32.6 Å². The van der Waals surface area contributed by atoms with Gasteiger partial charge in [0, 0.05) is 17.9 Å². The van der Waals surface area contributed by atoms with Crippen LogP contribution in [0.5, 0.6) is 0 Å². The van der Waals surface area contributed by atoms with Gasteiger partial charge in [-0.1, -0.05) is 13.3 Å². The molecule has 1 aromatic rings. The van der Waals surface area contributed by atoms with Crippen molar-refractivity contribution < 1.29 is 4.79 Å². The summed E-state index contributed by atoms with van der Waals surface area (Å²) in [6.45, 7) is 2.97. The van der Waals surface area contributed by atoms with Gasteiger partial charge in [-0.3, -0.25) is 0 Å². The molecule has 1 aliphatic rings. The fraction of sp³-hybridized carbons (Fsp3) is 0.500. The number of nitrogen functional groups attached to an aromatic ring is 1. The van der Waals surface area contributed by atoms with Crippen LogP contribution in [0.3, 0.4) is 0 Å². The zero-order valence-corrected chi connectivity index (χ0v) is 10.8. The van der Waals surface area contributed by atoms with Gasteiger partial charge in [0.2, 0.25) is 0 Å². The van der Waals surface area contributed by atoms with Crippen molar-refractivity contribution in [1.29, 1.82) is 0 Å². The minimum atomic E-state index is -0.137. The minimum absolute atomic E-state index is 0.137. The lowest BCUT2D eigenvalue weighted by Gasteiger charge is -2.15. The first kappa shape index (κ1) is 12.7. The first-order chi connectivity index (χ1) is 8.63. The average molecular weight is 247 g/mol. The summed E-state index contributed by atoms with van der Waals surface area (Å²) in [6, 6.07) is 7.01. The number of urea groups is 1. The quantitative estimate of drug-likeness (QED) is 0.700. The van der Waals surface area contributed by atoms with Gasteiger partial charge in [-0.15, -0.1) is 0 Å². The summed E-state index contributed by atoms with van der Waals surface area (Å²) in [6.07, 6.45) is 4.86. The second-order valence-corrected chi connectivity index (χ2v) is 5.18. The molecule has 1 aromatic carbocycles. The maximum absolute atomic E-state index is 11.7. The zero-order valence-electron chi connectivity index (χ0n) is 10.8. The lowest BCUT2D eigenvalue weighted by molar-refractivity contribution is 0.249. The highest BCUT2D eigenvalue weighted by Crippen LogP contribution is 2.48. The Kier molecular flexibility index (Phi) is 3.75. The molecule has 2 rings (SSSR count). The molecule has 1 fully saturated rings. The predicted molar refractivity (Wildman–Crippen MR) is 74.5 cm³/mol. The molecule has 0 radical (unpaired) electrons. The van der Waals surface area contributed by atoms with Gasteiger partial charge in [0.05, 0.1) is 0 Å². The molecule has 0 bridgehead atoms. The molecule has 0 atom stereocenters. The van der Waals surface area contributed by atoms with E-state index in [0.29, 0.717) is 11.1 Å². The summed E-state index contributed by atoms with van der Waals surface area (Å²) >= 11 is 0. The van der Waals surface area contributed by atoms with Crippen molar-refractivity contribution in [2.24, 2.45) is 5.41 Å². The van der Waals surface area contributed by atoms with E-state index in [4.69, 9.17) is 5.73 Å². The SMILES string of the molecule is CCCC1(CNC(=O)Nc2ccc(N)cc2)CC1. The van der Waals surface area contributed by atoms with Crippen molar-refractivity contribution in [3.05, 3.63) is 24.3 Å². The van der Waals surface area contributed by atoms with Crippen LogP contribution in [-0.4, -0.2) is 12.6 Å². The molecule has 0 aromatic heterocycles. The number of hydrogen-bond donors (Lipinski definition) is 3. The van der Waals surface area contributed by atoms with E-state index in [1.54, 1.807) is 24.3 Å². The normalized spacial score (nSPS) is 16.1. The van der Waals surface area contributed by atoms with E-state index >= 15 is 0 Å². The van der Waals surface area contributed by atoms with E-state index in [-0.39, 0.29) is 6.03 Å². The Morgan fingerprint density at radius 1 is 1.33 bits per heavy atom. The summed E-state index contributed by atoms with van der Waals surface area (Å²) in [5.74, 6) is 0. The molecular formula is C14H21N3O. The first-order valence-corrected chi connectivity index (χ1v) is 6.54. The molecule has 0 aliphatic heterocycles. The smallest absolute Gasteiger partial charge is 0.319 e. The fourth-order valence-corrected chi connectivity index (χ4v) is 2.23. The zero-order chi connectivity index (χ0) is 13.0. The number of anilines is 2. The third-order valence-electron chi connectivity index (χ3n) is 3.53. The third-order valence-corrected chi connectivity index (χ3v) is 3.53. The summed E-state index contributed by atoms with van der Waals surface area (Å²) in [5, 5.41) is 5.76. The maximum Gasteiger partial charge on any atom is 0.319 e. The molecule has 0 heterocycles. The van der Waals surface area contributed by atoms with Crippen molar-refractivity contribution in [2.75, 3.05) is 17.6 Å². The summed E-state index contributed by atoms with van der Waals surface area (Å²) < 4.78 is 0. The molecule has 2 amide bonds. The van der Waals surface area contributed by atoms with E-state index in [1.807, 2.05) is 0 Å². The van der Waals surface area contributed by atoms with Gasteiger partial charge in [-0.05, 0) is 48.9 Å². The highest BCUT2D eigenvalue weighted by Gasteiger charge is 2.41. The predicted octanol–water partition coefficient (Wildman–Crippen LogP) is 2.97. The monoisotopic (exact) mass is 247 g/mol. The number of nitrogens with two attached hydrogens (primary N) is 1. The molecule has 18 heavy (non-hydrogen) atoms. The Morgan fingerprint density at radius 3 is 2.56 bits per heavy atom. The Bertz CT molecular complexity index is 410. The van der Waals surface area contributed by atoms with Gasteiger partial charge >= 0.3 is 6.03 Å². The Labute approximate surface area is 108 Å². The van der Waals surface area contributed by atoms with Crippen LogP contribution in [0, 0.1) is 5.41 Å². The van der Waals surface area contributed by atoms with Gasteiger partial charge in [-0.2, -0.15) is 0 Å². The molecular weight excluding hydrogens is 226 g/mol. The van der Waals surface area contributed by atoms with Crippen LogP contribution < -0.4 is 16.4 Å². The lowest BCUT2D eigenvalue weighted by atomic mass is 10.0. The van der Waals surface area contributed by atoms with E-state index in [0.717, 1.165) is 12.2 Å². The lowest BCUT2D eigenvalue weighted by Crippen LogP contribution is -2.33. The third kappa shape index (κ3) is 3.39. The van der Waals surface area contributed by atoms with Gasteiger partial charge in [-0.25, -0.2) is 4.79 Å². The van der Waals surface area contributed by atoms with Crippen LogP contribution in [-0.2, 0) is 0 Å². The van der Waals surface area contributed by atoms with Crippen molar-refractivity contribution >= 4 is 17.4 Å². The highest BCUT2D eigenvalue weighted by molar-refractivity contribution is 5.89.